The maximum atomic E-state index is 10.3. The van der Waals surface area contributed by atoms with Crippen LogP contribution in [0, 0.1) is 0 Å². The summed E-state index contributed by atoms with van der Waals surface area (Å²) in [6, 6.07) is 0. The normalized spacial score (nSPS) is 9.00. The van der Waals surface area contributed by atoms with Gasteiger partial charge in [0.15, 0.2) is 5.21 Å². The lowest BCUT2D eigenvalue weighted by Gasteiger charge is -1.89. The summed E-state index contributed by atoms with van der Waals surface area (Å²) < 4.78 is 0. The molecule has 0 unspecified atom stereocenters. The van der Waals surface area contributed by atoms with Crippen LogP contribution in [0.4, 0.5) is 0 Å². The number of rotatable bonds is 1. The first-order chi connectivity index (χ1) is 4.29. The Morgan fingerprint density at radius 3 is 3.11 bits per heavy atom. The number of carbonyl (C=O) groups is 1. The Bertz CT molecular complexity index is 192. The lowest BCUT2D eigenvalue weighted by Crippen LogP contribution is -2.48. The molecule has 0 bridgehead atoms. The van der Waals surface area contributed by atoms with Gasteiger partial charge in [-0.25, -0.2) is 0 Å². The third kappa shape index (κ3) is 1.48. The van der Waals surface area contributed by atoms with Crippen molar-refractivity contribution in [1.29, 1.82) is 0 Å². The van der Waals surface area contributed by atoms with E-state index in [9.17, 15) is 4.79 Å². The first-order valence-electron chi connectivity index (χ1n) is 2.34. The highest BCUT2D eigenvalue weighted by molar-refractivity contribution is 5.78. The molecule has 0 saturated heterocycles. The van der Waals surface area contributed by atoms with Crippen LogP contribution in [0.25, 0.3) is 0 Å². The second-order valence-electron chi connectivity index (χ2n) is 1.47. The largest absolute Gasteiger partial charge is 0.312 e. The molecule has 48 valence electrons. The van der Waals surface area contributed by atoms with E-state index in [1.54, 1.807) is 0 Å². The fourth-order valence-corrected chi connectivity index (χ4v) is 0.401. The number of hydrogen-bond donors (Lipinski definition) is 2. The summed E-state index contributed by atoms with van der Waals surface area (Å²) in [7, 11) is 0. The molecule has 0 atom stereocenters. The lowest BCUT2D eigenvalue weighted by molar-refractivity contribution is -0.703. The second-order valence-corrected chi connectivity index (χ2v) is 1.47. The van der Waals surface area contributed by atoms with E-state index in [-0.39, 0.29) is 5.91 Å². The highest BCUT2D eigenvalue weighted by Crippen LogP contribution is 1.54. The maximum absolute atomic E-state index is 10.3. The average molecular weight is 128 g/mol. The zero-order valence-corrected chi connectivity index (χ0v) is 4.83. The SMILES string of the molecule is CC(=O)N[n+]1cnn[nH]1. The van der Waals surface area contributed by atoms with Crippen LogP contribution in [-0.4, -0.2) is 21.4 Å². The summed E-state index contributed by atoms with van der Waals surface area (Å²) in [5, 5.41) is 9.16. The topological polar surface area (TPSA) is 74.6 Å². The van der Waals surface area contributed by atoms with Crippen molar-refractivity contribution in [2.24, 2.45) is 0 Å². The van der Waals surface area contributed by atoms with Crippen molar-refractivity contribution in [2.75, 3.05) is 5.43 Å². The minimum atomic E-state index is -0.175. The number of carbonyl (C=O) groups excluding carboxylic acids is 1. The molecule has 1 rings (SSSR count). The molecule has 0 saturated carbocycles. The van der Waals surface area contributed by atoms with Crippen LogP contribution in [-0.2, 0) is 4.79 Å². The molecule has 0 aliphatic carbocycles. The van der Waals surface area contributed by atoms with E-state index in [4.69, 9.17) is 0 Å². The molecule has 0 radical (unpaired) electrons. The van der Waals surface area contributed by atoms with Crippen molar-refractivity contribution < 1.29 is 9.59 Å². The fraction of sp³-hybridized carbons (Fsp3) is 0.333. The first-order valence-corrected chi connectivity index (χ1v) is 2.34. The monoisotopic (exact) mass is 128 g/mol. The van der Waals surface area contributed by atoms with Gasteiger partial charge in [0.1, 0.15) is 5.10 Å². The maximum Gasteiger partial charge on any atom is 0.312 e. The molecule has 6 heteroatoms. The van der Waals surface area contributed by atoms with E-state index in [0.29, 0.717) is 0 Å². The Kier molecular flexibility index (Phi) is 1.39. The van der Waals surface area contributed by atoms with E-state index in [1.807, 2.05) is 0 Å². The van der Waals surface area contributed by atoms with Crippen LogP contribution in [0.1, 0.15) is 6.92 Å². The molecule has 1 aromatic heterocycles. The molecule has 1 heterocycles. The van der Waals surface area contributed by atoms with Crippen LogP contribution >= 0.6 is 0 Å². The van der Waals surface area contributed by atoms with E-state index in [0.717, 1.165) is 0 Å². The number of nitrogens with one attached hydrogen (secondary N) is 2. The molecule has 0 aliphatic rings. The highest BCUT2D eigenvalue weighted by Gasteiger charge is 1.97. The number of amides is 1. The van der Waals surface area contributed by atoms with Crippen molar-refractivity contribution in [1.82, 2.24) is 15.5 Å². The van der Waals surface area contributed by atoms with Gasteiger partial charge in [0.25, 0.3) is 0 Å². The van der Waals surface area contributed by atoms with E-state index < -0.39 is 0 Å². The number of nitrogens with zero attached hydrogens (tertiary/aromatic N) is 3. The summed E-state index contributed by atoms with van der Waals surface area (Å²) in [4.78, 5) is 11.6. The molecule has 1 aromatic rings. The van der Waals surface area contributed by atoms with E-state index in [1.165, 1.54) is 18.0 Å². The summed E-state index contributed by atoms with van der Waals surface area (Å²) in [5.41, 5.74) is 2.38. The van der Waals surface area contributed by atoms with Gasteiger partial charge in [-0.3, -0.25) is 4.79 Å². The van der Waals surface area contributed by atoms with Crippen molar-refractivity contribution in [3.05, 3.63) is 6.33 Å². The average Bonchev–Trinajstić information content (AvgIpc) is 2.15. The van der Waals surface area contributed by atoms with Crippen molar-refractivity contribution in [3.63, 3.8) is 0 Å². The van der Waals surface area contributed by atoms with Gasteiger partial charge in [-0.15, -0.1) is 0 Å². The van der Waals surface area contributed by atoms with E-state index in [2.05, 4.69) is 21.0 Å². The molecule has 0 aliphatic heterocycles. The minimum Gasteiger partial charge on any atom is -0.272 e. The molecule has 9 heavy (non-hydrogen) atoms. The van der Waals surface area contributed by atoms with Gasteiger partial charge < -0.3 is 0 Å². The Morgan fingerprint density at radius 1 is 1.89 bits per heavy atom. The van der Waals surface area contributed by atoms with E-state index >= 15 is 0 Å². The molecule has 0 fully saturated rings. The predicted molar refractivity (Wildman–Crippen MR) is 26.6 cm³/mol. The van der Waals surface area contributed by atoms with Crippen molar-refractivity contribution >= 4 is 5.91 Å². The quantitative estimate of drug-likeness (QED) is 0.437. The number of tetrazole rings is 1. The molecule has 6 nitrogen and oxygen atoms in total. The van der Waals surface area contributed by atoms with Crippen LogP contribution in [0.15, 0.2) is 6.33 Å². The molecule has 2 N–H and O–H groups in total. The third-order valence-electron chi connectivity index (χ3n) is 0.655. The van der Waals surface area contributed by atoms with Crippen molar-refractivity contribution in [2.45, 2.75) is 6.92 Å². The van der Waals surface area contributed by atoms with Crippen LogP contribution in [0.3, 0.4) is 0 Å². The number of H-pyrrole nitrogens is 1. The zero-order valence-electron chi connectivity index (χ0n) is 4.83. The van der Waals surface area contributed by atoms with Gasteiger partial charge in [-0.1, -0.05) is 10.0 Å². The first kappa shape index (κ1) is 5.67. The summed E-state index contributed by atoms with van der Waals surface area (Å²) in [6.45, 7) is 1.40. The van der Waals surface area contributed by atoms with Gasteiger partial charge in [-0.05, 0) is 0 Å². The Labute approximate surface area is 50.8 Å². The van der Waals surface area contributed by atoms with Gasteiger partial charge in [0.2, 0.25) is 5.91 Å². The summed E-state index contributed by atoms with van der Waals surface area (Å²) >= 11 is 0. The van der Waals surface area contributed by atoms with Crippen LogP contribution < -0.4 is 10.2 Å². The predicted octanol–water partition coefficient (Wildman–Crippen LogP) is -1.82. The molecular weight excluding hydrogens is 122 g/mol. The van der Waals surface area contributed by atoms with Crippen LogP contribution in [0.2, 0.25) is 0 Å². The Morgan fingerprint density at radius 2 is 2.67 bits per heavy atom. The second kappa shape index (κ2) is 2.21. The number of aromatic amines is 1. The molecule has 0 spiro atoms. The number of hydrogen-bond acceptors (Lipinski definition) is 3. The summed E-state index contributed by atoms with van der Waals surface area (Å²) in [5.74, 6) is -0.175. The van der Waals surface area contributed by atoms with Gasteiger partial charge in [0, 0.05) is 6.92 Å². The lowest BCUT2D eigenvalue weighted by atomic mass is 10.8. The van der Waals surface area contributed by atoms with Crippen LogP contribution in [0.5, 0.6) is 0 Å². The van der Waals surface area contributed by atoms with Crippen molar-refractivity contribution in [3.8, 4) is 0 Å². The molecular formula is C3H6N5O+. The third-order valence-corrected chi connectivity index (χ3v) is 0.655. The smallest absolute Gasteiger partial charge is 0.272 e. The van der Waals surface area contributed by atoms with Gasteiger partial charge >= 0.3 is 6.33 Å². The zero-order chi connectivity index (χ0) is 6.69. The number of aromatic nitrogens is 4. The molecule has 0 aromatic carbocycles. The Hall–Kier alpha value is -1.46. The van der Waals surface area contributed by atoms with Gasteiger partial charge in [-0.2, -0.15) is 5.43 Å². The fourth-order valence-electron chi connectivity index (χ4n) is 0.401. The minimum absolute atomic E-state index is 0.175. The van der Waals surface area contributed by atoms with Gasteiger partial charge in [0.05, 0.1) is 0 Å². The summed E-state index contributed by atoms with van der Waals surface area (Å²) in [6.07, 6.45) is 1.35. The molecule has 1 amide bonds. The highest BCUT2D eigenvalue weighted by atomic mass is 16.2. The standard InChI is InChI=1S/C3H5N5O/c1-3(9)5-8-2-4-6-7-8/h2H,1H3,(H,5,9)/p+1. The Balaban J connectivity index is 2.58.